The predicted octanol–water partition coefficient (Wildman–Crippen LogP) is 19.8. The number of allylic oxidation sites excluding steroid dienone is 10. The summed E-state index contributed by atoms with van der Waals surface area (Å²) in [7, 11) is 11.3. The predicted molar refractivity (Wildman–Crippen MR) is 539 cm³/mol. The van der Waals surface area contributed by atoms with E-state index >= 15 is 0 Å². The number of Topliss-reactive ketones (excluding diaryl/α,β-unsaturated/α-hetero) is 5. The minimum atomic E-state index is -4.79. The highest BCUT2D eigenvalue weighted by Crippen LogP contribution is 2.46. The van der Waals surface area contributed by atoms with E-state index in [0.717, 1.165) is 123 Å². The number of hydrogen-bond donors (Lipinski definition) is 0. The zero-order chi connectivity index (χ0) is 102. The first kappa shape index (κ1) is 98.2. The van der Waals surface area contributed by atoms with Gasteiger partial charge < -0.3 is 39.0 Å². The number of carbonyl (C=O) groups is 5. The third-order valence-electron chi connectivity index (χ3n) is 26.3. The summed E-state index contributed by atoms with van der Waals surface area (Å²) in [5.74, 6) is 1.30. The van der Waals surface area contributed by atoms with Crippen molar-refractivity contribution in [2.24, 2.45) is 49.9 Å². The number of carbonyl (C=O) groups excluding carboxylic acids is 5. The Hall–Kier alpha value is -16.0. The molecule has 0 amide bonds. The topological polar surface area (TPSA) is 241 Å². The number of nitrogens with zero attached hydrogens (tertiary/aromatic N) is 17. The van der Waals surface area contributed by atoms with Crippen LogP contribution in [0.4, 0.5) is 43.9 Å². The van der Waals surface area contributed by atoms with Gasteiger partial charge in [-0.1, -0.05) is 170 Å². The van der Waals surface area contributed by atoms with Crippen LogP contribution in [-0.4, -0.2) is 236 Å². The van der Waals surface area contributed by atoms with Crippen molar-refractivity contribution in [3.8, 4) is 5.75 Å². The summed E-state index contributed by atoms with van der Waals surface area (Å²) in [4.78, 5) is 128. The molecule has 2 fully saturated rings. The van der Waals surface area contributed by atoms with E-state index in [1.54, 1.807) is 107 Å². The molecular formula is C111H95F10N17O6. The average Bonchev–Trinajstić information content (AvgIpc) is 1.65. The fourth-order valence-electron chi connectivity index (χ4n) is 18.8. The summed E-state index contributed by atoms with van der Waals surface area (Å²) in [5, 5.41) is 0. The van der Waals surface area contributed by atoms with Crippen molar-refractivity contribution in [3.05, 3.63) is 375 Å². The van der Waals surface area contributed by atoms with Crippen LogP contribution < -0.4 is 4.74 Å². The maximum atomic E-state index is 13.7. The molecule has 144 heavy (non-hydrogen) atoms. The Bertz CT molecular complexity index is 7640. The van der Waals surface area contributed by atoms with Crippen molar-refractivity contribution in [3.63, 3.8) is 0 Å². The molecule has 10 aromatic carbocycles. The monoisotopic (exact) mass is 1950 g/mol. The number of ketones is 5. The van der Waals surface area contributed by atoms with Gasteiger partial charge in [0.05, 0.1) is 39.0 Å². The molecule has 0 saturated carbocycles. The van der Waals surface area contributed by atoms with Crippen LogP contribution in [0.5, 0.6) is 5.75 Å². The van der Waals surface area contributed by atoms with Crippen molar-refractivity contribution in [2.75, 3.05) is 108 Å². The van der Waals surface area contributed by atoms with Crippen LogP contribution in [-0.2, 0) is 12.4 Å². The first-order chi connectivity index (χ1) is 68.7. The highest BCUT2D eigenvalue weighted by atomic mass is 19.4. The van der Waals surface area contributed by atoms with Gasteiger partial charge in [-0.2, -0.15) is 26.3 Å². The second-order valence-electron chi connectivity index (χ2n) is 36.2. The molecule has 0 atom stereocenters. The third kappa shape index (κ3) is 18.9. The van der Waals surface area contributed by atoms with E-state index in [4.69, 9.17) is 30.0 Å². The molecule has 0 radical (unpaired) electrons. The summed E-state index contributed by atoms with van der Waals surface area (Å²) >= 11 is 0. The first-order valence-electron chi connectivity index (χ1n) is 46.6. The number of aryl methyl sites for hydroxylation is 5. The molecule has 0 bridgehead atoms. The fraction of sp³-hybridized carbons (Fsp3) is 0.234. The van der Waals surface area contributed by atoms with Crippen molar-refractivity contribution in [1.82, 2.24) is 34.3 Å². The van der Waals surface area contributed by atoms with Crippen LogP contribution in [0, 0.1) is 40.4 Å². The van der Waals surface area contributed by atoms with E-state index in [1.807, 2.05) is 117 Å². The van der Waals surface area contributed by atoms with Gasteiger partial charge in [-0.15, -0.1) is 13.2 Å². The maximum Gasteiger partial charge on any atom is 0.573 e. The van der Waals surface area contributed by atoms with Crippen LogP contribution in [0.15, 0.2) is 297 Å². The van der Waals surface area contributed by atoms with E-state index in [0.29, 0.717) is 187 Å². The van der Waals surface area contributed by atoms with Crippen LogP contribution in [0.3, 0.4) is 0 Å². The van der Waals surface area contributed by atoms with E-state index in [9.17, 15) is 67.9 Å². The highest BCUT2D eigenvalue weighted by molar-refractivity contribution is 6.48. The minimum absolute atomic E-state index is 0.0217. The summed E-state index contributed by atoms with van der Waals surface area (Å²) in [6.07, 6.45) is -13.7. The zero-order valence-electron chi connectivity index (χ0n) is 80.7. The number of piperazine rings is 2. The highest BCUT2D eigenvalue weighted by Gasteiger charge is 2.45. The van der Waals surface area contributed by atoms with Crippen LogP contribution in [0.1, 0.15) is 160 Å². The lowest BCUT2D eigenvalue weighted by Crippen LogP contribution is -2.46. The molecule has 23 nitrogen and oxygen atoms in total. The maximum absolute atomic E-state index is 13.7. The minimum Gasteiger partial charge on any atom is -0.406 e. The molecule has 2 saturated heterocycles. The number of benzene rings is 10. The molecule has 0 aromatic heterocycles. The van der Waals surface area contributed by atoms with Crippen LogP contribution in [0.2, 0.25) is 0 Å². The van der Waals surface area contributed by atoms with Gasteiger partial charge in [0.15, 0.2) is 28.9 Å². The molecule has 730 valence electrons. The fourth-order valence-corrected chi connectivity index (χ4v) is 18.8. The van der Waals surface area contributed by atoms with Crippen LogP contribution >= 0.6 is 0 Å². The Balaban J connectivity index is 0.000000119. The molecule has 0 N–H and O–H groups in total. The Kier molecular flexibility index (Phi) is 26.7. The standard InChI is InChI=1S/C24H21F3N4O.C23H21FN4O.C22H21N3O.C21H16F3N3O2.C21H16F3N3O/c1-14-13-15(24(25,26)27)7-8-16(14)19-21-20(17-5-3-4-6-18(17)22(19)32)28-23(29-21)31-11-9-30(2)10-12-31;1-14-13-15(24)7-8-16(14)19-21-20(17-5-3-4-6-18(17)22(19)29)25-23(26-21)28-11-9-27(2)10-12-28;1-4-25(5-2)22-23-19-16-12-8-9-13-17(16)21(26)18(20(19)24-22)15-11-7-6-10-14(15)3;1-11-10-12(29-21(22,23)24)8-9-13(11)16-18-17(25-20(26-18)27(2)3)14-6-4-5-7-15(14)19(16)28;1-11-10-12(21(22,23)24)8-9-13(11)16-18-17(25-20(26-18)27(2)3)14-6-4-5-7-15(14)19(16)28/h3-8,13H,9-12H2,1-2H3;3-8,13H,9-12H2,1-2H3;6-13H,4-5H2,1-3H3;4-10H,1-3H3;4-10H,1-3H3. The quantitative estimate of drug-likeness (QED) is 0.129. The van der Waals surface area contributed by atoms with Gasteiger partial charge in [-0.05, 0) is 167 Å². The van der Waals surface area contributed by atoms with Gasteiger partial charge in [0.1, 0.15) is 68.6 Å². The molecule has 12 aliphatic rings. The number of alkyl halides is 9. The molecule has 7 aliphatic heterocycles. The number of fused-ring (bicyclic) bond motifs is 15. The van der Waals surface area contributed by atoms with Gasteiger partial charge in [0.2, 0.25) is 29.8 Å². The number of ether oxygens (including phenoxy) is 1. The largest absolute Gasteiger partial charge is 0.573 e. The Labute approximate surface area is 823 Å². The molecule has 10 aromatic rings. The van der Waals surface area contributed by atoms with Crippen molar-refractivity contribution in [2.45, 2.75) is 67.2 Å². The zero-order valence-corrected chi connectivity index (χ0v) is 80.7. The second kappa shape index (κ2) is 39.1. The van der Waals surface area contributed by atoms with Gasteiger partial charge in [0.25, 0.3) is 0 Å². The van der Waals surface area contributed by atoms with Crippen molar-refractivity contribution < 1.29 is 72.6 Å². The van der Waals surface area contributed by atoms with Crippen molar-refractivity contribution >= 4 is 115 Å². The van der Waals surface area contributed by atoms with Crippen LogP contribution in [0.25, 0.3) is 27.9 Å². The van der Waals surface area contributed by atoms with Crippen molar-refractivity contribution in [1.29, 1.82) is 0 Å². The molecule has 22 rings (SSSR count). The summed E-state index contributed by atoms with van der Waals surface area (Å²) in [6.45, 7) is 21.3. The summed E-state index contributed by atoms with van der Waals surface area (Å²) < 4.78 is 134. The number of likely N-dealkylation sites (N-methyl/N-ethyl adjacent to an activating group) is 2. The Morgan fingerprint density at radius 3 is 0.868 bits per heavy atom. The smallest absolute Gasteiger partial charge is 0.406 e. The normalized spacial score (nSPS) is 17.1. The number of guanidine groups is 5. The van der Waals surface area contributed by atoms with Gasteiger partial charge >= 0.3 is 18.7 Å². The lowest BCUT2D eigenvalue weighted by Gasteiger charge is -2.32. The molecule has 0 spiro atoms. The lowest BCUT2D eigenvalue weighted by atomic mass is 9.82. The number of halogens is 10. The number of hydrogen-bond acceptors (Lipinski definition) is 23. The number of aliphatic imine (C=N–C) groups is 10. The lowest BCUT2D eigenvalue weighted by molar-refractivity contribution is -0.274. The van der Waals surface area contributed by atoms with E-state index in [2.05, 4.69) is 77.1 Å². The Morgan fingerprint density at radius 1 is 0.299 bits per heavy atom. The summed E-state index contributed by atoms with van der Waals surface area (Å²) in [5.41, 5.74) is 18.9. The Morgan fingerprint density at radius 2 is 0.569 bits per heavy atom. The second-order valence-corrected chi connectivity index (χ2v) is 36.2. The van der Waals surface area contributed by atoms with E-state index < -0.39 is 29.8 Å². The average molecular weight is 1950 g/mol. The first-order valence-corrected chi connectivity index (χ1v) is 46.6. The SMILES string of the molecule is CCN(CC)C1=NC2=C(c3ccccc3C)C(=O)c3ccccc3C2=N1.Cc1cc(C(F)(F)F)ccc1C1=C2N=C(N(C)C)N=C2c2ccccc2C1=O.Cc1cc(C(F)(F)F)ccc1C1=C2N=C(N3CCN(C)CC3)N=C2c2ccccc2C1=O.Cc1cc(F)ccc1C1=C2N=C(N3CCN(C)CC3)N=C2c2ccccc2C1=O.Cc1cc(OC(F)(F)F)ccc1C1=C2N=C(N(C)C)N=C2c2ccccc2C1=O. The molecule has 5 aliphatic carbocycles. The third-order valence-corrected chi connectivity index (χ3v) is 26.3. The molecule has 0 unspecified atom stereocenters. The van der Waals surface area contributed by atoms with Gasteiger partial charge in [0, 0.05) is 149 Å². The van der Waals surface area contributed by atoms with E-state index in [1.165, 1.54) is 42.5 Å². The van der Waals surface area contributed by atoms with Gasteiger partial charge in [-0.25, -0.2) is 54.3 Å². The van der Waals surface area contributed by atoms with Gasteiger partial charge in [-0.3, -0.25) is 24.0 Å². The van der Waals surface area contributed by atoms with E-state index in [-0.39, 0.29) is 46.1 Å². The molecule has 7 heterocycles. The number of rotatable bonds is 8. The molecular weight excluding hydrogens is 1860 g/mol. The molecule has 33 heteroatoms. The summed E-state index contributed by atoms with van der Waals surface area (Å²) in [6, 6.07) is 59.8.